The van der Waals surface area contributed by atoms with Crippen molar-refractivity contribution in [2.24, 2.45) is 0 Å². The predicted molar refractivity (Wildman–Crippen MR) is 29.4 cm³/mol. The van der Waals surface area contributed by atoms with E-state index in [-0.39, 0.29) is 0 Å². The first-order valence-corrected chi connectivity index (χ1v) is 2.97. The molecule has 0 fully saturated rings. The third kappa shape index (κ3) is 6.23. The first-order chi connectivity index (χ1) is 3.27. The van der Waals surface area contributed by atoms with Crippen LogP contribution in [0.5, 0.6) is 0 Å². The summed E-state index contributed by atoms with van der Waals surface area (Å²) in [6, 6.07) is 0. The molecule has 0 radical (unpaired) electrons. The highest BCUT2D eigenvalue weighted by molar-refractivity contribution is 7.93. The fraction of sp³-hybridized carbons (Fsp3) is 1.00. The quantitative estimate of drug-likeness (QED) is 0.312. The van der Waals surface area contributed by atoms with Gasteiger partial charge in [-0.3, -0.25) is 0 Å². The minimum absolute atomic E-state index is 1.17. The molecule has 0 aliphatic rings. The average molecular weight is 123 g/mol. The van der Waals surface area contributed by atoms with Gasteiger partial charge in [-0.15, -0.1) is 9.32 Å². The number of hydrogen-bond donors (Lipinski definition) is 0. The molecular weight excluding hydrogens is 114 g/mol. The van der Waals surface area contributed by atoms with Crippen molar-refractivity contribution in [1.82, 2.24) is 5.06 Å². The van der Waals surface area contributed by atoms with Crippen LogP contribution in [0.2, 0.25) is 0 Å². The maximum atomic E-state index is 4.49. The van der Waals surface area contributed by atoms with Crippen LogP contribution in [-0.4, -0.2) is 25.4 Å². The summed E-state index contributed by atoms with van der Waals surface area (Å²) < 4.78 is 4.44. The molecule has 7 heavy (non-hydrogen) atoms. The summed E-state index contributed by atoms with van der Waals surface area (Å²) >= 11 is 1.17. The third-order valence-corrected chi connectivity index (χ3v) is 0.444. The van der Waals surface area contributed by atoms with Crippen molar-refractivity contribution in [2.45, 2.75) is 0 Å². The van der Waals surface area contributed by atoms with Gasteiger partial charge in [0.05, 0.1) is 0 Å². The zero-order chi connectivity index (χ0) is 5.70. The predicted octanol–water partition coefficient (Wildman–Crippen LogP) is 0.689. The van der Waals surface area contributed by atoms with E-state index in [1.807, 2.05) is 0 Å². The summed E-state index contributed by atoms with van der Waals surface area (Å²) in [6.07, 6.45) is 1.78. The largest absolute Gasteiger partial charge is 0.162 e. The Balaban J connectivity index is 2.68. The summed E-state index contributed by atoms with van der Waals surface area (Å²) in [5, 5.41) is 1.47. The van der Waals surface area contributed by atoms with Crippen molar-refractivity contribution in [3.63, 3.8) is 0 Å². The van der Waals surface area contributed by atoms with E-state index in [9.17, 15) is 0 Å². The minimum Gasteiger partial charge on any atom is -0.162 e. The van der Waals surface area contributed by atoms with Crippen LogP contribution >= 0.6 is 12.0 Å². The van der Waals surface area contributed by atoms with E-state index in [0.29, 0.717) is 0 Å². The van der Waals surface area contributed by atoms with Crippen LogP contribution in [0.15, 0.2) is 0 Å². The molecule has 0 unspecified atom stereocenters. The number of hydroxylamine groups is 2. The van der Waals surface area contributed by atoms with Gasteiger partial charge in [0.1, 0.15) is 0 Å². The number of hydrogen-bond acceptors (Lipinski definition) is 4. The molecule has 0 saturated carbocycles. The van der Waals surface area contributed by atoms with E-state index in [1.165, 1.54) is 17.1 Å². The molecule has 0 amide bonds. The van der Waals surface area contributed by atoms with Gasteiger partial charge in [0.25, 0.3) is 0 Å². The SMILES string of the molecule is CSOON(C)C. The standard InChI is InChI=1S/C3H9NO2S/c1-4(2)5-6-7-3/h1-3H3. The van der Waals surface area contributed by atoms with Crippen LogP contribution in [0, 0.1) is 0 Å². The van der Waals surface area contributed by atoms with Gasteiger partial charge in [-0.2, -0.15) is 5.06 Å². The van der Waals surface area contributed by atoms with E-state index in [2.05, 4.69) is 9.32 Å². The van der Waals surface area contributed by atoms with Crippen LogP contribution in [0.4, 0.5) is 0 Å². The Morgan fingerprint density at radius 3 is 2.14 bits per heavy atom. The maximum Gasteiger partial charge on any atom is 0.0300 e. The summed E-state index contributed by atoms with van der Waals surface area (Å²) in [7, 11) is 3.49. The molecule has 0 spiro atoms. The van der Waals surface area contributed by atoms with Gasteiger partial charge in [-0.1, -0.05) is 0 Å². The highest BCUT2D eigenvalue weighted by Gasteiger charge is 1.84. The van der Waals surface area contributed by atoms with E-state index in [4.69, 9.17) is 0 Å². The molecule has 0 aliphatic carbocycles. The van der Waals surface area contributed by atoms with Crippen LogP contribution in [0.1, 0.15) is 0 Å². The molecule has 0 N–H and O–H groups in total. The zero-order valence-electron chi connectivity index (χ0n) is 4.67. The summed E-state index contributed by atoms with van der Waals surface area (Å²) in [5.74, 6) is 0. The molecule has 0 saturated heterocycles. The van der Waals surface area contributed by atoms with Crippen molar-refractivity contribution in [3.8, 4) is 0 Å². The zero-order valence-corrected chi connectivity index (χ0v) is 5.49. The minimum atomic E-state index is 1.17. The Bertz CT molecular complexity index is 41.9. The summed E-state index contributed by atoms with van der Waals surface area (Å²) in [4.78, 5) is 4.49. The van der Waals surface area contributed by atoms with Gasteiger partial charge in [-0.25, -0.2) is 0 Å². The molecule has 4 heteroatoms. The van der Waals surface area contributed by atoms with Crippen LogP contribution in [0.25, 0.3) is 0 Å². The second kappa shape index (κ2) is 4.39. The lowest BCUT2D eigenvalue weighted by molar-refractivity contribution is -0.340. The highest BCUT2D eigenvalue weighted by Crippen LogP contribution is 1.94. The Morgan fingerprint density at radius 1 is 1.43 bits per heavy atom. The number of nitrogens with zero attached hydrogens (tertiary/aromatic N) is 1. The molecule has 0 aromatic heterocycles. The maximum absolute atomic E-state index is 4.49. The lowest BCUT2D eigenvalue weighted by Crippen LogP contribution is -2.09. The van der Waals surface area contributed by atoms with E-state index in [1.54, 1.807) is 20.4 Å². The fourth-order valence-electron chi connectivity index (χ4n) is 0.0913. The molecule has 44 valence electrons. The normalized spacial score (nSPS) is 10.3. The second-order valence-electron chi connectivity index (χ2n) is 1.12. The van der Waals surface area contributed by atoms with Gasteiger partial charge in [0, 0.05) is 32.4 Å². The smallest absolute Gasteiger partial charge is 0.0300 e. The topological polar surface area (TPSA) is 21.7 Å². The Morgan fingerprint density at radius 2 is 2.00 bits per heavy atom. The molecule has 0 rings (SSSR count). The molecule has 0 heterocycles. The van der Waals surface area contributed by atoms with Crippen molar-refractivity contribution in [2.75, 3.05) is 20.4 Å². The van der Waals surface area contributed by atoms with Crippen LogP contribution in [0.3, 0.4) is 0 Å². The molecule has 0 aromatic carbocycles. The third-order valence-electron chi connectivity index (χ3n) is 0.248. The van der Waals surface area contributed by atoms with Crippen molar-refractivity contribution < 1.29 is 9.32 Å². The second-order valence-corrected chi connectivity index (χ2v) is 1.59. The highest BCUT2D eigenvalue weighted by atomic mass is 32.2. The van der Waals surface area contributed by atoms with Crippen LogP contribution in [-0.2, 0) is 9.32 Å². The average Bonchev–Trinajstić information content (AvgIpc) is 1.61. The first-order valence-electron chi connectivity index (χ1n) is 1.82. The van der Waals surface area contributed by atoms with Gasteiger partial charge in [0.15, 0.2) is 0 Å². The van der Waals surface area contributed by atoms with E-state index < -0.39 is 0 Å². The van der Waals surface area contributed by atoms with E-state index >= 15 is 0 Å². The van der Waals surface area contributed by atoms with Crippen molar-refractivity contribution >= 4 is 12.0 Å². The van der Waals surface area contributed by atoms with E-state index in [0.717, 1.165) is 0 Å². The lowest BCUT2D eigenvalue weighted by atomic mass is 11.2. The molecule has 0 aliphatic heterocycles. The van der Waals surface area contributed by atoms with Crippen molar-refractivity contribution in [3.05, 3.63) is 0 Å². The Hall–Kier alpha value is 0.230. The summed E-state index contributed by atoms with van der Waals surface area (Å²) in [5.41, 5.74) is 0. The summed E-state index contributed by atoms with van der Waals surface area (Å²) in [6.45, 7) is 0. The molecule has 3 nitrogen and oxygen atoms in total. The van der Waals surface area contributed by atoms with Gasteiger partial charge < -0.3 is 0 Å². The lowest BCUT2D eigenvalue weighted by Gasteiger charge is -2.03. The molecule has 0 atom stereocenters. The Kier molecular flexibility index (Phi) is 4.53. The number of rotatable bonds is 3. The van der Waals surface area contributed by atoms with Crippen LogP contribution < -0.4 is 0 Å². The molecule has 0 bridgehead atoms. The molecular formula is C3H9NO2S. The van der Waals surface area contributed by atoms with Gasteiger partial charge >= 0.3 is 0 Å². The van der Waals surface area contributed by atoms with Crippen molar-refractivity contribution in [1.29, 1.82) is 0 Å². The first kappa shape index (κ1) is 7.23. The fourth-order valence-corrected chi connectivity index (χ4v) is 0.274. The monoisotopic (exact) mass is 123 g/mol. The van der Waals surface area contributed by atoms with Gasteiger partial charge in [0.2, 0.25) is 0 Å². The Labute approximate surface area is 47.7 Å². The molecule has 0 aromatic rings. The van der Waals surface area contributed by atoms with Gasteiger partial charge in [-0.05, 0) is 0 Å².